The highest BCUT2D eigenvalue weighted by atomic mass is 16.5. The molecule has 2 aromatic rings. The van der Waals surface area contributed by atoms with Crippen LogP contribution in [0.15, 0.2) is 52.9 Å². The molecule has 0 bridgehead atoms. The number of hydrazone groups is 1. The Bertz CT molecular complexity index is 895. The highest BCUT2D eigenvalue weighted by molar-refractivity contribution is 5.82. The van der Waals surface area contributed by atoms with Gasteiger partial charge in [-0.3, -0.25) is 0 Å². The van der Waals surface area contributed by atoms with E-state index in [1.165, 1.54) is 22.3 Å². The summed E-state index contributed by atoms with van der Waals surface area (Å²) in [6.45, 7) is 4.36. The monoisotopic (exact) mass is 392 g/mol. The molecule has 0 spiro atoms. The number of hydrogen-bond acceptors (Lipinski definition) is 6. The van der Waals surface area contributed by atoms with Crippen molar-refractivity contribution in [2.24, 2.45) is 5.10 Å². The van der Waals surface area contributed by atoms with Gasteiger partial charge < -0.3 is 9.47 Å². The van der Waals surface area contributed by atoms with Crippen molar-refractivity contribution in [3.63, 3.8) is 0 Å². The number of nitrogens with zero attached hydrogens (tertiary/aromatic N) is 4. The standard InChI is InChI=1S/C23H28N4O2/c1-17-21(6-3-7-22(17)29-13-5-12-28-2)18-8-9-19-16-27(26-15-20(19)14-18)23-24-10-4-11-25-23/h3-4,6-7,10-11,15,18H,5,8-9,12-14,16H2,1-2H3. The fourth-order valence-electron chi connectivity index (χ4n) is 4.13. The Hall–Kier alpha value is -2.73. The van der Waals surface area contributed by atoms with Crippen molar-refractivity contribution in [3.05, 3.63) is 58.9 Å². The van der Waals surface area contributed by atoms with E-state index in [1.807, 2.05) is 17.3 Å². The van der Waals surface area contributed by atoms with Gasteiger partial charge in [0.1, 0.15) is 5.75 Å². The van der Waals surface area contributed by atoms with Gasteiger partial charge in [-0.15, -0.1) is 0 Å². The number of aromatic nitrogens is 2. The van der Waals surface area contributed by atoms with E-state index in [-0.39, 0.29) is 0 Å². The maximum absolute atomic E-state index is 6.00. The summed E-state index contributed by atoms with van der Waals surface area (Å²) in [4.78, 5) is 8.63. The van der Waals surface area contributed by atoms with Crippen LogP contribution in [0.2, 0.25) is 0 Å². The second kappa shape index (κ2) is 9.18. The quantitative estimate of drug-likeness (QED) is 0.659. The van der Waals surface area contributed by atoms with Crippen LogP contribution in [-0.4, -0.2) is 43.1 Å². The molecule has 29 heavy (non-hydrogen) atoms. The van der Waals surface area contributed by atoms with Crippen molar-refractivity contribution >= 4 is 12.2 Å². The van der Waals surface area contributed by atoms with Gasteiger partial charge >= 0.3 is 0 Å². The van der Waals surface area contributed by atoms with Gasteiger partial charge in [-0.25, -0.2) is 15.0 Å². The summed E-state index contributed by atoms with van der Waals surface area (Å²) >= 11 is 0. The summed E-state index contributed by atoms with van der Waals surface area (Å²) in [6.07, 6.45) is 9.66. The average molecular weight is 393 g/mol. The van der Waals surface area contributed by atoms with Crippen LogP contribution < -0.4 is 9.75 Å². The van der Waals surface area contributed by atoms with Crippen LogP contribution in [0.1, 0.15) is 42.7 Å². The van der Waals surface area contributed by atoms with Crippen LogP contribution in [0, 0.1) is 6.92 Å². The molecule has 152 valence electrons. The second-order valence-electron chi connectivity index (χ2n) is 7.58. The highest BCUT2D eigenvalue weighted by Crippen LogP contribution is 2.40. The van der Waals surface area contributed by atoms with Crippen LogP contribution in [-0.2, 0) is 4.74 Å². The normalized spacial score (nSPS) is 18.7. The topological polar surface area (TPSA) is 59.8 Å². The second-order valence-corrected chi connectivity index (χ2v) is 7.58. The summed E-state index contributed by atoms with van der Waals surface area (Å²) in [7, 11) is 1.72. The average Bonchev–Trinajstić information content (AvgIpc) is 2.77. The summed E-state index contributed by atoms with van der Waals surface area (Å²) in [5.41, 5.74) is 5.46. The predicted octanol–water partition coefficient (Wildman–Crippen LogP) is 4.27. The minimum Gasteiger partial charge on any atom is -0.493 e. The van der Waals surface area contributed by atoms with E-state index in [2.05, 4.69) is 40.2 Å². The summed E-state index contributed by atoms with van der Waals surface area (Å²) in [6, 6.07) is 8.25. The van der Waals surface area contributed by atoms with Crippen molar-refractivity contribution < 1.29 is 9.47 Å². The van der Waals surface area contributed by atoms with Gasteiger partial charge in [-0.2, -0.15) is 5.10 Å². The molecular weight excluding hydrogens is 364 g/mol. The third-order valence-corrected chi connectivity index (χ3v) is 5.71. The zero-order valence-corrected chi connectivity index (χ0v) is 17.2. The fourth-order valence-corrected chi connectivity index (χ4v) is 4.13. The minimum atomic E-state index is 0.502. The van der Waals surface area contributed by atoms with Gasteiger partial charge in [0.25, 0.3) is 0 Å². The Morgan fingerprint density at radius 3 is 2.83 bits per heavy atom. The zero-order chi connectivity index (χ0) is 20.1. The summed E-state index contributed by atoms with van der Waals surface area (Å²) in [5, 5.41) is 6.49. The van der Waals surface area contributed by atoms with Crippen molar-refractivity contribution in [2.45, 2.75) is 38.5 Å². The van der Waals surface area contributed by atoms with Crippen LogP contribution in [0.25, 0.3) is 0 Å². The molecule has 4 rings (SSSR count). The number of allylic oxidation sites excluding steroid dienone is 1. The first-order valence-electron chi connectivity index (χ1n) is 10.3. The molecule has 0 fully saturated rings. The summed E-state index contributed by atoms with van der Waals surface area (Å²) in [5.74, 6) is 2.15. The molecule has 0 N–H and O–H groups in total. The van der Waals surface area contributed by atoms with Crippen LogP contribution >= 0.6 is 0 Å². The molecule has 2 aliphatic rings. The van der Waals surface area contributed by atoms with Crippen LogP contribution in [0.3, 0.4) is 0 Å². The Balaban J connectivity index is 1.44. The summed E-state index contributed by atoms with van der Waals surface area (Å²) < 4.78 is 11.1. The van der Waals surface area contributed by atoms with Gasteiger partial charge in [0.2, 0.25) is 5.95 Å². The number of rotatable bonds is 7. The Labute approximate surface area is 172 Å². The van der Waals surface area contributed by atoms with E-state index in [4.69, 9.17) is 9.47 Å². The van der Waals surface area contributed by atoms with Crippen molar-refractivity contribution in [3.8, 4) is 5.75 Å². The van der Waals surface area contributed by atoms with Gasteiger partial charge in [0, 0.05) is 32.5 Å². The maximum atomic E-state index is 6.00. The zero-order valence-electron chi connectivity index (χ0n) is 17.2. The molecular formula is C23H28N4O2. The maximum Gasteiger partial charge on any atom is 0.246 e. The van der Waals surface area contributed by atoms with E-state index < -0.39 is 0 Å². The lowest BCUT2D eigenvalue weighted by molar-refractivity contribution is 0.172. The first kappa shape index (κ1) is 19.6. The Kier molecular flexibility index (Phi) is 6.20. The number of benzene rings is 1. The first-order chi connectivity index (χ1) is 14.3. The van der Waals surface area contributed by atoms with E-state index in [9.17, 15) is 0 Å². The number of ether oxygens (including phenoxy) is 2. The van der Waals surface area contributed by atoms with Gasteiger partial charge in [0.05, 0.1) is 19.4 Å². The molecule has 0 amide bonds. The molecule has 6 nitrogen and oxygen atoms in total. The van der Waals surface area contributed by atoms with Gasteiger partial charge in [-0.1, -0.05) is 12.1 Å². The smallest absolute Gasteiger partial charge is 0.246 e. The molecule has 0 saturated heterocycles. The van der Waals surface area contributed by atoms with Crippen LogP contribution in [0.4, 0.5) is 5.95 Å². The molecule has 1 aromatic carbocycles. The van der Waals surface area contributed by atoms with E-state index in [0.717, 1.165) is 44.6 Å². The lowest BCUT2D eigenvalue weighted by Crippen LogP contribution is -2.28. The van der Waals surface area contributed by atoms with E-state index in [1.54, 1.807) is 19.5 Å². The van der Waals surface area contributed by atoms with Crippen molar-refractivity contribution in [2.75, 3.05) is 31.9 Å². The molecule has 1 aromatic heterocycles. The van der Waals surface area contributed by atoms with Crippen molar-refractivity contribution in [1.29, 1.82) is 0 Å². The number of anilines is 1. The first-order valence-corrected chi connectivity index (χ1v) is 10.3. The van der Waals surface area contributed by atoms with Crippen LogP contribution in [0.5, 0.6) is 5.75 Å². The number of hydrogen-bond donors (Lipinski definition) is 0. The molecule has 6 heteroatoms. The predicted molar refractivity (Wildman–Crippen MR) is 115 cm³/mol. The molecule has 1 aliphatic carbocycles. The Morgan fingerprint density at radius 2 is 2.00 bits per heavy atom. The van der Waals surface area contributed by atoms with E-state index >= 15 is 0 Å². The molecule has 1 unspecified atom stereocenters. The molecule has 2 heterocycles. The molecule has 0 radical (unpaired) electrons. The van der Waals surface area contributed by atoms with Gasteiger partial charge in [0.15, 0.2) is 0 Å². The molecule has 1 atom stereocenters. The molecule has 0 saturated carbocycles. The number of methoxy groups -OCH3 is 1. The Morgan fingerprint density at radius 1 is 1.14 bits per heavy atom. The fraction of sp³-hybridized carbons (Fsp3) is 0.435. The third kappa shape index (κ3) is 4.48. The minimum absolute atomic E-state index is 0.502. The third-order valence-electron chi connectivity index (χ3n) is 5.71. The molecule has 1 aliphatic heterocycles. The lowest BCUT2D eigenvalue weighted by atomic mass is 9.78. The SMILES string of the molecule is COCCCOc1cccc(C2CCC3=C(C=NN(c4ncccn4)C3)C2)c1C. The highest BCUT2D eigenvalue weighted by Gasteiger charge is 2.27. The van der Waals surface area contributed by atoms with Crippen molar-refractivity contribution in [1.82, 2.24) is 9.97 Å². The largest absolute Gasteiger partial charge is 0.493 e. The lowest BCUT2D eigenvalue weighted by Gasteiger charge is -2.32. The van der Waals surface area contributed by atoms with E-state index in [0.29, 0.717) is 18.5 Å². The van der Waals surface area contributed by atoms with Gasteiger partial charge in [-0.05, 0) is 66.5 Å².